The first-order chi connectivity index (χ1) is 7.55. The van der Waals surface area contributed by atoms with Crippen molar-refractivity contribution in [1.29, 1.82) is 5.41 Å². The third-order valence-electron chi connectivity index (χ3n) is 2.38. The Balaban J connectivity index is 3.95. The van der Waals surface area contributed by atoms with Gasteiger partial charge in [-0.25, -0.2) is 0 Å². The van der Waals surface area contributed by atoms with Gasteiger partial charge in [-0.1, -0.05) is 31.9 Å². The van der Waals surface area contributed by atoms with Crippen LogP contribution in [0.5, 0.6) is 0 Å². The molecule has 0 rings (SSSR count). The van der Waals surface area contributed by atoms with Crippen molar-refractivity contribution >= 4 is 6.21 Å². The van der Waals surface area contributed by atoms with Gasteiger partial charge in [0, 0.05) is 13.3 Å². The van der Waals surface area contributed by atoms with Gasteiger partial charge in [-0.3, -0.25) is 0 Å². The van der Waals surface area contributed by atoms with E-state index < -0.39 is 5.79 Å². The molecule has 0 aliphatic carbocycles. The molecule has 0 spiro atoms. The zero-order chi connectivity index (χ0) is 12.4. The number of ether oxygens (including phenoxy) is 2. The first-order valence-corrected chi connectivity index (χ1v) is 5.96. The summed E-state index contributed by atoms with van der Waals surface area (Å²) in [4.78, 5) is 0. The summed E-state index contributed by atoms with van der Waals surface area (Å²) in [6.07, 6.45) is 9.73. The molecule has 0 saturated heterocycles. The van der Waals surface area contributed by atoms with E-state index in [1.54, 1.807) is 7.11 Å². The van der Waals surface area contributed by atoms with Crippen molar-refractivity contribution in [2.45, 2.75) is 58.3 Å². The number of rotatable bonds is 9. The Bertz CT molecular complexity index is 212. The molecule has 0 saturated carbocycles. The summed E-state index contributed by atoms with van der Waals surface area (Å²) in [6.45, 7) is 5.87. The Kier molecular flexibility index (Phi) is 8.12. The largest absolute Gasteiger partial charge is 0.354 e. The van der Waals surface area contributed by atoms with Crippen LogP contribution in [-0.4, -0.2) is 25.2 Å². The van der Waals surface area contributed by atoms with Crippen LogP contribution < -0.4 is 0 Å². The van der Waals surface area contributed by atoms with Crippen molar-refractivity contribution in [3.8, 4) is 0 Å². The molecule has 3 nitrogen and oxygen atoms in total. The van der Waals surface area contributed by atoms with Crippen LogP contribution >= 0.6 is 0 Å². The lowest BCUT2D eigenvalue weighted by atomic mass is 10.2. The van der Waals surface area contributed by atoms with Crippen LogP contribution in [0.1, 0.15) is 46.5 Å². The van der Waals surface area contributed by atoms with E-state index in [-0.39, 0.29) is 6.10 Å². The molecule has 1 N–H and O–H groups in total. The topological polar surface area (TPSA) is 42.3 Å². The maximum absolute atomic E-state index is 7.27. The van der Waals surface area contributed by atoms with Crippen molar-refractivity contribution in [2.24, 2.45) is 0 Å². The first kappa shape index (κ1) is 15.3. The summed E-state index contributed by atoms with van der Waals surface area (Å²) >= 11 is 0. The monoisotopic (exact) mass is 227 g/mol. The Labute approximate surface area is 99.3 Å². The quantitative estimate of drug-likeness (QED) is 0.283. The zero-order valence-electron chi connectivity index (χ0n) is 11.0. The van der Waals surface area contributed by atoms with Crippen LogP contribution in [0.15, 0.2) is 12.2 Å². The normalized spacial score (nSPS) is 14.2. The summed E-state index contributed by atoms with van der Waals surface area (Å²) in [5, 5.41) is 7.27. The fraction of sp³-hybridized carbons (Fsp3) is 0.769. The highest BCUT2D eigenvalue weighted by Gasteiger charge is 2.19. The second kappa shape index (κ2) is 8.48. The predicted molar refractivity (Wildman–Crippen MR) is 68.0 cm³/mol. The summed E-state index contributed by atoms with van der Waals surface area (Å²) in [7, 11) is 1.60. The van der Waals surface area contributed by atoms with Crippen LogP contribution in [0.25, 0.3) is 0 Å². The fourth-order valence-electron chi connectivity index (χ4n) is 1.25. The zero-order valence-corrected chi connectivity index (χ0v) is 11.0. The van der Waals surface area contributed by atoms with Gasteiger partial charge >= 0.3 is 0 Å². The fourth-order valence-corrected chi connectivity index (χ4v) is 1.25. The third kappa shape index (κ3) is 7.60. The third-order valence-corrected chi connectivity index (χ3v) is 2.38. The standard InChI is InChI=1S/C13H25NO2/c1-5-6-7-8-9-10-12(11-14)16-13(2,3)15-4/h9-12,14H,5-8H2,1-4H3/b10-9+,14-11?/t12-/m1/s1. The van der Waals surface area contributed by atoms with Crippen molar-refractivity contribution in [3.05, 3.63) is 12.2 Å². The van der Waals surface area contributed by atoms with Crippen LogP contribution in [0.3, 0.4) is 0 Å². The molecule has 0 amide bonds. The van der Waals surface area contributed by atoms with E-state index in [1.807, 2.05) is 19.9 Å². The Morgan fingerprint density at radius 2 is 2.00 bits per heavy atom. The number of methoxy groups -OCH3 is 1. The number of hydrogen-bond donors (Lipinski definition) is 1. The smallest absolute Gasteiger partial charge is 0.163 e. The van der Waals surface area contributed by atoms with Gasteiger partial charge < -0.3 is 14.9 Å². The summed E-state index contributed by atoms with van der Waals surface area (Å²) in [5.74, 6) is -0.643. The highest BCUT2D eigenvalue weighted by atomic mass is 16.7. The SMILES string of the molecule is CCCCC/C=C/[C@H](C=N)OC(C)(C)OC. The van der Waals surface area contributed by atoms with Gasteiger partial charge in [0.05, 0.1) is 0 Å². The van der Waals surface area contributed by atoms with Crippen LogP contribution in [0, 0.1) is 5.41 Å². The molecule has 0 aromatic heterocycles. The minimum Gasteiger partial charge on any atom is -0.354 e. The van der Waals surface area contributed by atoms with E-state index >= 15 is 0 Å². The maximum atomic E-state index is 7.27. The molecule has 3 heteroatoms. The molecule has 0 unspecified atom stereocenters. The van der Waals surface area contributed by atoms with Gasteiger partial charge in [-0.05, 0) is 26.7 Å². The molecule has 94 valence electrons. The second-order valence-electron chi connectivity index (χ2n) is 4.28. The molecular formula is C13H25NO2. The van der Waals surface area contributed by atoms with Crippen molar-refractivity contribution in [3.63, 3.8) is 0 Å². The van der Waals surface area contributed by atoms with Gasteiger partial charge in [0.25, 0.3) is 0 Å². The van der Waals surface area contributed by atoms with Crippen LogP contribution in [0.4, 0.5) is 0 Å². The molecule has 0 aliphatic heterocycles. The van der Waals surface area contributed by atoms with Crippen molar-refractivity contribution in [1.82, 2.24) is 0 Å². The van der Waals surface area contributed by atoms with E-state index in [1.165, 1.54) is 25.5 Å². The minimum absolute atomic E-state index is 0.295. The molecule has 1 atom stereocenters. The van der Waals surface area contributed by atoms with Crippen LogP contribution in [-0.2, 0) is 9.47 Å². The number of nitrogens with one attached hydrogen (secondary N) is 1. The predicted octanol–water partition coefficient (Wildman–Crippen LogP) is 3.54. The highest BCUT2D eigenvalue weighted by molar-refractivity contribution is 5.62. The van der Waals surface area contributed by atoms with E-state index in [2.05, 4.69) is 13.0 Å². The van der Waals surface area contributed by atoms with Gasteiger partial charge in [0.15, 0.2) is 5.79 Å². The molecule has 0 aromatic rings. The van der Waals surface area contributed by atoms with E-state index in [0.717, 1.165) is 6.42 Å². The molecular weight excluding hydrogens is 202 g/mol. The summed E-state index contributed by atoms with van der Waals surface area (Å²) < 4.78 is 10.7. The lowest BCUT2D eigenvalue weighted by Gasteiger charge is -2.26. The second-order valence-corrected chi connectivity index (χ2v) is 4.28. The average molecular weight is 227 g/mol. The van der Waals surface area contributed by atoms with Gasteiger partial charge in [0.1, 0.15) is 6.10 Å². The summed E-state index contributed by atoms with van der Waals surface area (Å²) in [5.41, 5.74) is 0. The lowest BCUT2D eigenvalue weighted by Crippen LogP contribution is -2.32. The molecule has 0 aromatic carbocycles. The first-order valence-electron chi connectivity index (χ1n) is 5.96. The van der Waals surface area contributed by atoms with Gasteiger partial charge in [-0.2, -0.15) is 0 Å². The van der Waals surface area contributed by atoms with Gasteiger partial charge in [0.2, 0.25) is 0 Å². The van der Waals surface area contributed by atoms with Crippen molar-refractivity contribution in [2.75, 3.05) is 7.11 Å². The maximum Gasteiger partial charge on any atom is 0.163 e. The number of allylic oxidation sites excluding steroid dienone is 1. The molecule has 0 bridgehead atoms. The number of hydrogen-bond acceptors (Lipinski definition) is 3. The minimum atomic E-state index is -0.643. The molecule has 0 heterocycles. The van der Waals surface area contributed by atoms with E-state index in [0.29, 0.717) is 0 Å². The van der Waals surface area contributed by atoms with E-state index in [4.69, 9.17) is 14.9 Å². The van der Waals surface area contributed by atoms with Gasteiger partial charge in [-0.15, -0.1) is 0 Å². The van der Waals surface area contributed by atoms with Crippen LogP contribution in [0.2, 0.25) is 0 Å². The van der Waals surface area contributed by atoms with Crippen molar-refractivity contribution < 1.29 is 9.47 Å². The Morgan fingerprint density at radius 3 is 2.50 bits per heavy atom. The van der Waals surface area contributed by atoms with E-state index in [9.17, 15) is 0 Å². The molecule has 16 heavy (non-hydrogen) atoms. The molecule has 0 aliphatic rings. The molecule has 0 fully saturated rings. The lowest BCUT2D eigenvalue weighted by molar-refractivity contribution is -0.200. The summed E-state index contributed by atoms with van der Waals surface area (Å²) in [6, 6.07) is 0. The molecule has 0 radical (unpaired) electrons. The number of unbranched alkanes of at least 4 members (excludes halogenated alkanes) is 3. The Morgan fingerprint density at radius 1 is 1.31 bits per heavy atom. The highest BCUT2D eigenvalue weighted by Crippen LogP contribution is 2.13. The Hall–Kier alpha value is -0.670. The average Bonchev–Trinajstić information content (AvgIpc) is 2.27.